The molecule has 0 aliphatic carbocycles. The van der Waals surface area contributed by atoms with Gasteiger partial charge in [-0.1, -0.05) is 44.2 Å². The summed E-state index contributed by atoms with van der Waals surface area (Å²) in [5.74, 6) is 0. The number of nitrogens with one attached hydrogen (secondary N) is 1. The number of nitrogens with zero attached hydrogens (tertiary/aromatic N) is 1. The molecule has 1 aromatic carbocycles. The quantitative estimate of drug-likeness (QED) is 0.681. The highest BCUT2D eigenvalue weighted by Gasteiger charge is 2.11. The van der Waals surface area contributed by atoms with Gasteiger partial charge in [-0.15, -0.1) is 0 Å². The van der Waals surface area contributed by atoms with Gasteiger partial charge >= 0.3 is 0 Å². The predicted molar refractivity (Wildman–Crippen MR) is 81.3 cm³/mol. The largest absolute Gasteiger partial charge is 0.395 e. The first-order chi connectivity index (χ1) is 9.31. The van der Waals surface area contributed by atoms with Gasteiger partial charge in [0, 0.05) is 19.1 Å². The number of rotatable bonds is 10. The normalized spacial score (nSPS) is 12.8. The first-order valence-corrected chi connectivity index (χ1v) is 7.43. The van der Waals surface area contributed by atoms with E-state index in [1.54, 1.807) is 0 Å². The Bertz CT molecular complexity index is 316. The zero-order valence-corrected chi connectivity index (χ0v) is 12.3. The van der Waals surface area contributed by atoms with E-state index in [4.69, 9.17) is 5.11 Å². The summed E-state index contributed by atoms with van der Waals surface area (Å²) in [5.41, 5.74) is 1.36. The fourth-order valence-corrected chi connectivity index (χ4v) is 2.27. The Morgan fingerprint density at radius 1 is 1.16 bits per heavy atom. The molecular weight excluding hydrogens is 236 g/mol. The third kappa shape index (κ3) is 6.19. The van der Waals surface area contributed by atoms with Crippen molar-refractivity contribution in [1.29, 1.82) is 0 Å². The van der Waals surface area contributed by atoms with E-state index >= 15 is 0 Å². The van der Waals surface area contributed by atoms with E-state index in [-0.39, 0.29) is 6.61 Å². The van der Waals surface area contributed by atoms with Gasteiger partial charge in [0.15, 0.2) is 0 Å². The van der Waals surface area contributed by atoms with E-state index in [1.165, 1.54) is 5.56 Å². The van der Waals surface area contributed by atoms with Crippen LogP contribution in [-0.4, -0.2) is 42.8 Å². The molecule has 1 unspecified atom stereocenters. The third-order valence-electron chi connectivity index (χ3n) is 3.44. The molecule has 0 saturated heterocycles. The SMILES string of the molecule is CCCNC(CCN(CC)CCO)c1ccccc1. The first-order valence-electron chi connectivity index (χ1n) is 7.43. The van der Waals surface area contributed by atoms with Crippen LogP contribution in [0, 0.1) is 0 Å². The zero-order chi connectivity index (χ0) is 13.9. The molecule has 3 nitrogen and oxygen atoms in total. The number of aliphatic hydroxyl groups is 1. The van der Waals surface area contributed by atoms with Crippen LogP contribution in [0.15, 0.2) is 30.3 Å². The van der Waals surface area contributed by atoms with Gasteiger partial charge in [-0.3, -0.25) is 0 Å². The lowest BCUT2D eigenvalue weighted by atomic mass is 10.0. The number of likely N-dealkylation sites (N-methyl/N-ethyl adjacent to an activating group) is 1. The van der Waals surface area contributed by atoms with Gasteiger partial charge in [0.25, 0.3) is 0 Å². The molecule has 0 amide bonds. The second-order valence-corrected chi connectivity index (χ2v) is 4.86. The van der Waals surface area contributed by atoms with Crippen molar-refractivity contribution in [3.05, 3.63) is 35.9 Å². The molecular formula is C16H28N2O. The minimum Gasteiger partial charge on any atom is -0.395 e. The lowest BCUT2D eigenvalue weighted by Crippen LogP contribution is -2.31. The molecule has 0 radical (unpaired) electrons. The summed E-state index contributed by atoms with van der Waals surface area (Å²) in [6.07, 6.45) is 2.23. The number of benzene rings is 1. The summed E-state index contributed by atoms with van der Waals surface area (Å²) in [4.78, 5) is 2.30. The maximum absolute atomic E-state index is 9.03. The monoisotopic (exact) mass is 264 g/mol. The molecule has 0 aliphatic rings. The second kappa shape index (κ2) is 9.96. The third-order valence-corrected chi connectivity index (χ3v) is 3.44. The smallest absolute Gasteiger partial charge is 0.0558 e. The topological polar surface area (TPSA) is 35.5 Å². The maximum atomic E-state index is 9.03. The van der Waals surface area contributed by atoms with Crippen molar-refractivity contribution < 1.29 is 5.11 Å². The average molecular weight is 264 g/mol. The van der Waals surface area contributed by atoms with Crippen LogP contribution in [-0.2, 0) is 0 Å². The Balaban J connectivity index is 2.54. The maximum Gasteiger partial charge on any atom is 0.0558 e. The van der Waals surface area contributed by atoms with Gasteiger partial charge < -0.3 is 15.3 Å². The van der Waals surface area contributed by atoms with Crippen LogP contribution in [0.1, 0.15) is 38.3 Å². The highest BCUT2D eigenvalue weighted by molar-refractivity contribution is 5.18. The van der Waals surface area contributed by atoms with E-state index in [0.717, 1.165) is 39.0 Å². The molecule has 1 rings (SSSR count). The molecule has 1 atom stereocenters. The summed E-state index contributed by atoms with van der Waals surface area (Å²) in [6.45, 7) is 8.42. The Morgan fingerprint density at radius 3 is 2.47 bits per heavy atom. The second-order valence-electron chi connectivity index (χ2n) is 4.86. The molecule has 0 bridgehead atoms. The van der Waals surface area contributed by atoms with E-state index < -0.39 is 0 Å². The van der Waals surface area contributed by atoms with Crippen molar-refractivity contribution in [2.75, 3.05) is 32.8 Å². The van der Waals surface area contributed by atoms with Gasteiger partial charge in [0.1, 0.15) is 0 Å². The fourth-order valence-electron chi connectivity index (χ4n) is 2.27. The molecule has 3 heteroatoms. The summed E-state index contributed by atoms with van der Waals surface area (Å²) in [6, 6.07) is 11.0. The molecule has 0 heterocycles. The molecule has 19 heavy (non-hydrogen) atoms. The molecule has 1 aromatic rings. The summed E-state index contributed by atoms with van der Waals surface area (Å²) in [5, 5.41) is 12.7. The van der Waals surface area contributed by atoms with Crippen molar-refractivity contribution >= 4 is 0 Å². The highest BCUT2D eigenvalue weighted by Crippen LogP contribution is 2.17. The Hall–Kier alpha value is -0.900. The number of hydrogen-bond donors (Lipinski definition) is 2. The minimum absolute atomic E-state index is 0.242. The lowest BCUT2D eigenvalue weighted by Gasteiger charge is -2.24. The fraction of sp³-hybridized carbons (Fsp3) is 0.625. The lowest BCUT2D eigenvalue weighted by molar-refractivity contribution is 0.195. The van der Waals surface area contributed by atoms with Crippen molar-refractivity contribution in [3.63, 3.8) is 0 Å². The van der Waals surface area contributed by atoms with E-state index in [1.807, 2.05) is 0 Å². The van der Waals surface area contributed by atoms with Crippen LogP contribution in [0.2, 0.25) is 0 Å². The molecule has 108 valence electrons. The van der Waals surface area contributed by atoms with E-state index in [2.05, 4.69) is 54.4 Å². The predicted octanol–water partition coefficient (Wildman–Crippen LogP) is 2.43. The van der Waals surface area contributed by atoms with Gasteiger partial charge in [0.2, 0.25) is 0 Å². The van der Waals surface area contributed by atoms with Crippen LogP contribution in [0.5, 0.6) is 0 Å². The molecule has 2 N–H and O–H groups in total. The van der Waals surface area contributed by atoms with Crippen LogP contribution in [0.25, 0.3) is 0 Å². The molecule has 0 aromatic heterocycles. The summed E-state index contributed by atoms with van der Waals surface area (Å²) >= 11 is 0. The Labute approximate surface area is 117 Å². The van der Waals surface area contributed by atoms with Crippen molar-refractivity contribution in [1.82, 2.24) is 10.2 Å². The number of hydrogen-bond acceptors (Lipinski definition) is 3. The summed E-state index contributed by atoms with van der Waals surface area (Å²) < 4.78 is 0. The van der Waals surface area contributed by atoms with E-state index in [9.17, 15) is 0 Å². The Morgan fingerprint density at radius 2 is 1.89 bits per heavy atom. The Kier molecular flexibility index (Phi) is 8.47. The zero-order valence-electron chi connectivity index (χ0n) is 12.3. The number of aliphatic hydroxyl groups excluding tert-OH is 1. The first kappa shape index (κ1) is 16.2. The van der Waals surface area contributed by atoms with Crippen molar-refractivity contribution in [2.24, 2.45) is 0 Å². The van der Waals surface area contributed by atoms with Gasteiger partial charge in [-0.05, 0) is 31.5 Å². The van der Waals surface area contributed by atoms with Crippen LogP contribution in [0.4, 0.5) is 0 Å². The van der Waals surface area contributed by atoms with Crippen molar-refractivity contribution in [2.45, 2.75) is 32.7 Å². The standard InChI is InChI=1S/C16H28N2O/c1-3-11-17-16(15-8-6-5-7-9-15)10-12-18(4-2)13-14-19/h5-9,16-17,19H,3-4,10-14H2,1-2H3. The van der Waals surface area contributed by atoms with Crippen LogP contribution in [0.3, 0.4) is 0 Å². The molecule has 0 aliphatic heterocycles. The van der Waals surface area contributed by atoms with E-state index in [0.29, 0.717) is 6.04 Å². The molecule has 0 fully saturated rings. The van der Waals surface area contributed by atoms with Gasteiger partial charge in [-0.2, -0.15) is 0 Å². The van der Waals surface area contributed by atoms with Crippen molar-refractivity contribution in [3.8, 4) is 0 Å². The average Bonchev–Trinajstić information content (AvgIpc) is 2.47. The van der Waals surface area contributed by atoms with Gasteiger partial charge in [-0.25, -0.2) is 0 Å². The van der Waals surface area contributed by atoms with Crippen LogP contribution < -0.4 is 5.32 Å². The minimum atomic E-state index is 0.242. The highest BCUT2D eigenvalue weighted by atomic mass is 16.3. The van der Waals surface area contributed by atoms with Crippen LogP contribution >= 0.6 is 0 Å². The summed E-state index contributed by atoms with van der Waals surface area (Å²) in [7, 11) is 0. The van der Waals surface area contributed by atoms with Gasteiger partial charge in [0.05, 0.1) is 6.61 Å². The molecule has 0 saturated carbocycles. The molecule has 0 spiro atoms.